The Balaban J connectivity index is 1.34. The van der Waals surface area contributed by atoms with Crippen LogP contribution in [0.15, 0.2) is 36.8 Å². The number of halogens is 2. The molecular weight excluding hydrogens is 549 g/mol. The Morgan fingerprint density at radius 3 is 2.63 bits per heavy atom. The maximum absolute atomic E-state index is 14.3. The van der Waals surface area contributed by atoms with E-state index in [0.29, 0.717) is 43.1 Å². The fourth-order valence-electron chi connectivity index (χ4n) is 5.21. The lowest BCUT2D eigenvalue weighted by Gasteiger charge is -2.37. The summed E-state index contributed by atoms with van der Waals surface area (Å²) in [6.45, 7) is 9.45. The van der Waals surface area contributed by atoms with Crippen molar-refractivity contribution in [1.29, 1.82) is 0 Å². The van der Waals surface area contributed by atoms with Crippen LogP contribution in [-0.2, 0) is 4.79 Å². The van der Waals surface area contributed by atoms with Crippen LogP contribution in [-0.4, -0.2) is 106 Å². The number of hydrogen-bond donors (Lipinski definition) is 3. The maximum atomic E-state index is 14.3. The molecule has 0 spiro atoms. The van der Waals surface area contributed by atoms with Crippen molar-refractivity contribution in [3.8, 4) is 17.0 Å². The summed E-state index contributed by atoms with van der Waals surface area (Å²) in [6.07, 6.45) is 6.55. The van der Waals surface area contributed by atoms with E-state index in [1.165, 1.54) is 13.2 Å². The van der Waals surface area contributed by atoms with Gasteiger partial charge in [0.05, 0.1) is 31.5 Å². The number of nitrogens with zero attached hydrogens (tertiary/aromatic N) is 5. The fraction of sp³-hybridized carbons (Fsp3) is 0.552. The van der Waals surface area contributed by atoms with Crippen LogP contribution < -0.4 is 15.4 Å². The van der Waals surface area contributed by atoms with Gasteiger partial charge in [-0.15, -0.1) is 11.6 Å². The number of piperazine rings is 1. The van der Waals surface area contributed by atoms with E-state index in [2.05, 4.69) is 32.4 Å². The van der Waals surface area contributed by atoms with Crippen molar-refractivity contribution in [3.63, 3.8) is 0 Å². The second kappa shape index (κ2) is 14.8. The Bertz CT molecular complexity index is 1280. The molecule has 4 rings (SSSR count). The van der Waals surface area contributed by atoms with Crippen LogP contribution in [0.3, 0.4) is 0 Å². The minimum Gasteiger partial charge on any atom is -0.494 e. The zero-order valence-electron chi connectivity index (χ0n) is 24.0. The van der Waals surface area contributed by atoms with Crippen LogP contribution in [0, 0.1) is 11.7 Å². The Hall–Kier alpha value is -2.99. The lowest BCUT2D eigenvalue weighted by atomic mass is 9.95. The van der Waals surface area contributed by atoms with Gasteiger partial charge in [0.25, 0.3) is 0 Å². The molecule has 12 heteroatoms. The highest BCUT2D eigenvalue weighted by atomic mass is 35.5. The molecule has 0 aliphatic carbocycles. The van der Waals surface area contributed by atoms with Crippen molar-refractivity contribution in [2.45, 2.75) is 38.1 Å². The van der Waals surface area contributed by atoms with Gasteiger partial charge in [-0.3, -0.25) is 14.1 Å². The van der Waals surface area contributed by atoms with E-state index >= 15 is 0 Å². The molecule has 3 aromatic rings. The second-order valence-corrected chi connectivity index (χ2v) is 11.2. The number of rotatable bonds is 14. The third-order valence-electron chi connectivity index (χ3n) is 7.62. The van der Waals surface area contributed by atoms with Crippen LogP contribution >= 0.6 is 11.6 Å². The number of amides is 1. The summed E-state index contributed by atoms with van der Waals surface area (Å²) in [5, 5.41) is 15.3. The molecule has 1 saturated heterocycles. The summed E-state index contributed by atoms with van der Waals surface area (Å²) >= 11 is 6.53. The molecule has 3 unspecified atom stereocenters. The van der Waals surface area contributed by atoms with E-state index in [9.17, 15) is 9.18 Å². The number of ether oxygens (including phenoxy) is 1. The number of aromatic nitrogens is 3. The number of fused-ring (bicyclic) bond motifs is 1. The van der Waals surface area contributed by atoms with E-state index in [-0.39, 0.29) is 35.6 Å². The minimum atomic E-state index is -0.438. The molecule has 10 nitrogen and oxygen atoms in total. The van der Waals surface area contributed by atoms with E-state index < -0.39 is 5.82 Å². The van der Waals surface area contributed by atoms with Crippen LogP contribution in [0.1, 0.15) is 26.7 Å². The maximum Gasteiger partial charge on any atom is 0.227 e. The molecule has 0 bridgehead atoms. The quantitative estimate of drug-likeness (QED) is 0.195. The molecule has 2 aromatic heterocycles. The first kappa shape index (κ1) is 31.0. The molecular formula is C29H41ClFN7O3. The monoisotopic (exact) mass is 589 g/mol. The molecule has 1 fully saturated rings. The number of carbonyl (C=O) groups is 1. The predicted octanol–water partition coefficient (Wildman–Crippen LogP) is 3.09. The smallest absolute Gasteiger partial charge is 0.227 e. The minimum absolute atomic E-state index is 0.0151. The van der Waals surface area contributed by atoms with Gasteiger partial charge >= 0.3 is 0 Å². The van der Waals surface area contributed by atoms with Gasteiger partial charge in [-0.2, -0.15) is 0 Å². The van der Waals surface area contributed by atoms with Gasteiger partial charge in [-0.05, 0) is 44.9 Å². The van der Waals surface area contributed by atoms with Gasteiger partial charge in [0.15, 0.2) is 23.0 Å². The summed E-state index contributed by atoms with van der Waals surface area (Å²) in [5.41, 5.74) is 2.05. The van der Waals surface area contributed by atoms with Crippen LogP contribution in [0.5, 0.6) is 5.75 Å². The van der Waals surface area contributed by atoms with Crippen molar-refractivity contribution in [1.82, 2.24) is 29.5 Å². The number of imidazole rings is 1. The number of carbonyl (C=O) groups excluding carboxylic acids is 1. The summed E-state index contributed by atoms with van der Waals surface area (Å²) in [5.74, 6) is 0.209. The lowest BCUT2D eigenvalue weighted by molar-refractivity contribution is -0.137. The Kier molecular flexibility index (Phi) is 11.1. The average Bonchev–Trinajstić information content (AvgIpc) is 3.41. The molecule has 3 N–H and O–H groups in total. The van der Waals surface area contributed by atoms with Gasteiger partial charge < -0.3 is 25.4 Å². The van der Waals surface area contributed by atoms with Crippen molar-refractivity contribution in [3.05, 3.63) is 42.6 Å². The van der Waals surface area contributed by atoms with Crippen molar-refractivity contribution in [2.24, 2.45) is 5.92 Å². The third kappa shape index (κ3) is 7.85. The number of benzene rings is 1. The Morgan fingerprint density at radius 1 is 1.17 bits per heavy atom. The van der Waals surface area contributed by atoms with Gasteiger partial charge in [-0.25, -0.2) is 14.4 Å². The normalized spacial score (nSPS) is 16.5. The number of methoxy groups -OCH3 is 1. The molecule has 224 valence electrons. The molecule has 3 heterocycles. The summed E-state index contributed by atoms with van der Waals surface area (Å²) in [6, 6.07) is 4.84. The molecule has 41 heavy (non-hydrogen) atoms. The molecule has 0 saturated carbocycles. The molecule has 1 aliphatic heterocycles. The first-order chi connectivity index (χ1) is 19.8. The number of nitrogens with one attached hydrogen (secondary N) is 2. The molecule has 1 aliphatic rings. The molecule has 3 atom stereocenters. The SMILES string of the molecule is COc1ccc(-c2cnc3c(NC(C)CCC(C(=O)N4CCN(CCNCCO)CC4)C(C)Cl)nccn23)cc1F. The average molecular weight is 590 g/mol. The fourth-order valence-corrected chi connectivity index (χ4v) is 5.45. The van der Waals surface area contributed by atoms with Crippen LogP contribution in [0.4, 0.5) is 10.2 Å². The second-order valence-electron chi connectivity index (χ2n) is 10.5. The van der Waals surface area contributed by atoms with E-state index in [4.69, 9.17) is 21.4 Å². The zero-order valence-corrected chi connectivity index (χ0v) is 24.8. The third-order valence-corrected chi connectivity index (χ3v) is 7.92. The highest BCUT2D eigenvalue weighted by Gasteiger charge is 2.30. The first-order valence-corrected chi connectivity index (χ1v) is 14.6. The van der Waals surface area contributed by atoms with Crippen molar-refractivity contribution >= 4 is 29.0 Å². The number of hydrogen-bond acceptors (Lipinski definition) is 8. The summed E-state index contributed by atoms with van der Waals surface area (Å²) < 4.78 is 21.2. The standard InChI is InChI=1S/C29H41ClFN7O3/c1-20(4-6-23(21(2)30)29(40)37-15-13-36(14-16-37)11-8-32-10-17-39)35-27-28-34-19-25(38(28)12-9-33-27)22-5-7-26(41-3)24(31)18-22/h5,7,9,12,18-21,23,32,39H,4,6,8,10-11,13-17H2,1-3H3,(H,33,35). The first-order valence-electron chi connectivity index (χ1n) is 14.2. The highest BCUT2D eigenvalue weighted by Crippen LogP contribution is 2.28. The summed E-state index contributed by atoms with van der Waals surface area (Å²) in [4.78, 5) is 26.7. The predicted molar refractivity (Wildman–Crippen MR) is 159 cm³/mol. The van der Waals surface area contributed by atoms with Crippen molar-refractivity contribution in [2.75, 3.05) is 64.8 Å². The van der Waals surface area contributed by atoms with Crippen molar-refractivity contribution < 1.29 is 19.0 Å². The molecule has 1 amide bonds. The van der Waals surface area contributed by atoms with Gasteiger partial charge in [-0.1, -0.05) is 0 Å². The highest BCUT2D eigenvalue weighted by molar-refractivity contribution is 6.21. The molecule has 0 radical (unpaired) electrons. The van der Waals surface area contributed by atoms with Crippen LogP contribution in [0.25, 0.3) is 16.9 Å². The Morgan fingerprint density at radius 2 is 1.95 bits per heavy atom. The number of aliphatic hydroxyl groups excluding tert-OH is 1. The zero-order chi connectivity index (χ0) is 29.4. The van der Waals surface area contributed by atoms with E-state index in [0.717, 1.165) is 38.3 Å². The largest absolute Gasteiger partial charge is 0.494 e. The van der Waals surface area contributed by atoms with Gasteiger partial charge in [0.2, 0.25) is 5.91 Å². The topological polar surface area (TPSA) is 107 Å². The Labute approximate surface area is 245 Å². The van der Waals surface area contributed by atoms with Crippen LogP contribution in [0.2, 0.25) is 0 Å². The van der Waals surface area contributed by atoms with Gasteiger partial charge in [0.1, 0.15) is 0 Å². The number of anilines is 1. The lowest BCUT2D eigenvalue weighted by Crippen LogP contribution is -2.52. The summed E-state index contributed by atoms with van der Waals surface area (Å²) in [7, 11) is 1.44. The molecule has 1 aromatic carbocycles. The number of alkyl halides is 1. The van der Waals surface area contributed by atoms with E-state index in [1.807, 2.05) is 16.2 Å². The van der Waals surface area contributed by atoms with E-state index in [1.54, 1.807) is 30.7 Å². The van der Waals surface area contributed by atoms with Gasteiger partial charge in [0, 0.05) is 75.2 Å². The number of aliphatic hydroxyl groups is 1.